The van der Waals surface area contributed by atoms with E-state index in [1.54, 1.807) is 0 Å². The molecule has 0 bridgehead atoms. The van der Waals surface area contributed by atoms with Crippen molar-refractivity contribution in [3.05, 3.63) is 24.3 Å². The molecular formula is C46H68N6O11. The van der Waals surface area contributed by atoms with Crippen LogP contribution in [-0.2, 0) is 52.7 Å². The van der Waals surface area contributed by atoms with Crippen LogP contribution in [0.4, 0.5) is 0 Å². The van der Waals surface area contributed by atoms with Gasteiger partial charge in [-0.2, -0.15) is 0 Å². The highest BCUT2D eigenvalue weighted by atomic mass is 16.5. The summed E-state index contributed by atoms with van der Waals surface area (Å²) in [6, 6.07) is 0. The van der Waals surface area contributed by atoms with Crippen LogP contribution in [0, 0.1) is 35.5 Å². The molecule has 2 aliphatic heterocycles. The van der Waals surface area contributed by atoms with Gasteiger partial charge in [0.15, 0.2) is 0 Å². The lowest BCUT2D eigenvalue weighted by molar-refractivity contribution is -0.139. The fourth-order valence-corrected chi connectivity index (χ4v) is 8.94. The molecule has 7 amide bonds. The molecule has 63 heavy (non-hydrogen) atoms. The molecule has 0 aromatic heterocycles. The van der Waals surface area contributed by atoms with E-state index in [2.05, 4.69) is 16.0 Å². The second kappa shape index (κ2) is 26.7. The van der Waals surface area contributed by atoms with Gasteiger partial charge >= 0.3 is 0 Å². The minimum Gasteiger partial charge on any atom is -0.379 e. The zero-order valence-electron chi connectivity index (χ0n) is 36.9. The molecule has 4 rings (SSSR count). The first-order valence-corrected chi connectivity index (χ1v) is 23.0. The number of nitrogens with two attached hydrogens (primary N) is 1. The molecule has 17 heteroatoms. The second-order valence-corrected chi connectivity index (χ2v) is 17.6. The van der Waals surface area contributed by atoms with Crippen molar-refractivity contribution in [3.8, 4) is 0 Å². The molecular weight excluding hydrogens is 813 g/mol. The molecule has 0 aromatic carbocycles. The van der Waals surface area contributed by atoms with Gasteiger partial charge in [0.1, 0.15) is 17.3 Å². The van der Waals surface area contributed by atoms with Crippen molar-refractivity contribution in [1.82, 2.24) is 25.8 Å². The monoisotopic (exact) mass is 880 g/mol. The molecule has 4 aliphatic rings. The van der Waals surface area contributed by atoms with Crippen LogP contribution in [0.15, 0.2) is 24.3 Å². The van der Waals surface area contributed by atoms with Crippen molar-refractivity contribution in [1.29, 1.82) is 0 Å². The van der Waals surface area contributed by atoms with Crippen LogP contribution in [0.3, 0.4) is 0 Å². The Morgan fingerprint density at radius 1 is 0.635 bits per heavy atom. The average Bonchev–Trinajstić information content (AvgIpc) is 3.76. The first kappa shape index (κ1) is 50.7. The Morgan fingerprint density at radius 3 is 1.67 bits per heavy atom. The van der Waals surface area contributed by atoms with E-state index in [1.807, 2.05) is 0 Å². The van der Waals surface area contributed by atoms with Crippen molar-refractivity contribution in [2.24, 2.45) is 41.2 Å². The molecule has 2 saturated carbocycles. The van der Waals surface area contributed by atoms with Gasteiger partial charge in [-0.05, 0) is 95.8 Å². The van der Waals surface area contributed by atoms with Gasteiger partial charge in [0.2, 0.25) is 17.7 Å². The Bertz CT molecular complexity index is 1680. The molecule has 0 radical (unpaired) electrons. The molecule has 2 unspecified atom stereocenters. The molecule has 0 saturated heterocycles. The van der Waals surface area contributed by atoms with Crippen LogP contribution >= 0.6 is 0 Å². The maximum Gasteiger partial charge on any atom is 0.253 e. The summed E-state index contributed by atoms with van der Waals surface area (Å²) in [7, 11) is 0. The topological polar surface area (TPSA) is 249 Å². The number of carbonyl (C=O) groups excluding carboxylic acids is 10. The van der Waals surface area contributed by atoms with Crippen LogP contribution in [-0.4, -0.2) is 121 Å². The van der Waals surface area contributed by atoms with Crippen LogP contribution in [0.25, 0.3) is 0 Å². The Hall–Kier alpha value is -4.90. The Balaban J connectivity index is 1.18. The number of unbranched alkanes of at least 4 members (excludes halogenated alkanes) is 2. The maximum absolute atomic E-state index is 13.6. The Kier molecular flexibility index (Phi) is 21.5. The van der Waals surface area contributed by atoms with Crippen molar-refractivity contribution in [3.63, 3.8) is 0 Å². The summed E-state index contributed by atoms with van der Waals surface area (Å²) >= 11 is 0. The van der Waals surface area contributed by atoms with Gasteiger partial charge in [-0.1, -0.05) is 12.8 Å². The van der Waals surface area contributed by atoms with Gasteiger partial charge in [-0.3, -0.25) is 57.7 Å². The van der Waals surface area contributed by atoms with E-state index in [9.17, 15) is 47.9 Å². The van der Waals surface area contributed by atoms with E-state index in [4.69, 9.17) is 10.5 Å². The third-order valence-electron chi connectivity index (χ3n) is 12.9. The molecule has 2 fully saturated rings. The largest absolute Gasteiger partial charge is 0.379 e. The number of nitrogens with zero attached hydrogens (tertiary/aromatic N) is 2. The lowest BCUT2D eigenvalue weighted by Crippen LogP contribution is -2.38. The lowest BCUT2D eigenvalue weighted by Gasteiger charge is -2.30. The summed E-state index contributed by atoms with van der Waals surface area (Å²) in [5, 5.41) is 8.61. The minimum absolute atomic E-state index is 0.0224. The SMILES string of the molecule is CC(=O)C(CCCCNC(=O)C(CCCCNC(=O)C1CCC(CN2C(=O)C=CC2=O)CC1)CC(=O)C1CCC(CN2C(=O)C=CC2=O)CC1)CC(=O)CCOCCNC(=O)CN. The van der Waals surface area contributed by atoms with E-state index in [-0.39, 0.29) is 121 Å². The second-order valence-electron chi connectivity index (χ2n) is 17.6. The maximum atomic E-state index is 13.6. The van der Waals surface area contributed by atoms with Crippen molar-refractivity contribution >= 4 is 58.7 Å². The molecule has 5 N–H and O–H groups in total. The number of hydrogen-bond donors (Lipinski definition) is 4. The zero-order chi connectivity index (χ0) is 45.7. The normalized spacial score (nSPS) is 22.0. The van der Waals surface area contributed by atoms with Gasteiger partial charge in [-0.25, -0.2) is 0 Å². The highest BCUT2D eigenvalue weighted by Crippen LogP contribution is 2.33. The highest BCUT2D eigenvalue weighted by molar-refractivity contribution is 6.13. The van der Waals surface area contributed by atoms with Gasteiger partial charge in [0, 0.05) is 100.0 Å². The summed E-state index contributed by atoms with van der Waals surface area (Å²) in [5.74, 6) is -2.90. The van der Waals surface area contributed by atoms with Gasteiger partial charge < -0.3 is 26.4 Å². The smallest absolute Gasteiger partial charge is 0.253 e. The Morgan fingerprint density at radius 2 is 1.14 bits per heavy atom. The molecule has 17 nitrogen and oxygen atoms in total. The average molecular weight is 881 g/mol. The number of rotatable bonds is 29. The van der Waals surface area contributed by atoms with Crippen LogP contribution in [0.1, 0.15) is 116 Å². The molecule has 0 aromatic rings. The number of nitrogens with one attached hydrogen (secondary N) is 3. The number of carbonyl (C=O) groups is 10. The van der Waals surface area contributed by atoms with E-state index in [1.165, 1.54) is 41.0 Å². The van der Waals surface area contributed by atoms with E-state index in [0.717, 1.165) is 12.8 Å². The zero-order valence-corrected chi connectivity index (χ0v) is 36.9. The van der Waals surface area contributed by atoms with Crippen LogP contribution in [0.5, 0.6) is 0 Å². The third kappa shape index (κ3) is 17.3. The van der Waals surface area contributed by atoms with E-state index >= 15 is 0 Å². The molecule has 0 spiro atoms. The summed E-state index contributed by atoms with van der Waals surface area (Å²) in [6.45, 7) is 3.59. The minimum atomic E-state index is -0.557. The summed E-state index contributed by atoms with van der Waals surface area (Å²) < 4.78 is 5.40. The summed E-state index contributed by atoms with van der Waals surface area (Å²) in [6.07, 6.45) is 14.4. The predicted molar refractivity (Wildman–Crippen MR) is 231 cm³/mol. The van der Waals surface area contributed by atoms with Crippen molar-refractivity contribution in [2.45, 2.75) is 116 Å². The number of imide groups is 2. The van der Waals surface area contributed by atoms with Gasteiger partial charge in [-0.15, -0.1) is 0 Å². The Labute approximate surface area is 370 Å². The fourth-order valence-electron chi connectivity index (χ4n) is 8.94. The lowest BCUT2D eigenvalue weighted by atomic mass is 9.77. The quantitative estimate of drug-likeness (QED) is 0.0624. The fraction of sp³-hybridized carbons (Fsp3) is 0.696. The van der Waals surface area contributed by atoms with Crippen LogP contribution < -0.4 is 21.7 Å². The molecule has 348 valence electrons. The number of ketones is 3. The number of ether oxygens (including phenoxy) is 1. The van der Waals surface area contributed by atoms with Crippen LogP contribution in [0.2, 0.25) is 0 Å². The number of Topliss-reactive ketones (excluding diaryl/α,β-unsaturated/α-hetero) is 3. The van der Waals surface area contributed by atoms with E-state index in [0.29, 0.717) is 110 Å². The highest BCUT2D eigenvalue weighted by Gasteiger charge is 2.34. The number of amides is 7. The molecule has 2 aliphatic carbocycles. The van der Waals surface area contributed by atoms with Crippen molar-refractivity contribution < 1.29 is 52.7 Å². The molecule has 2 atom stereocenters. The summed E-state index contributed by atoms with van der Waals surface area (Å²) in [5.41, 5.74) is 5.24. The van der Waals surface area contributed by atoms with E-state index < -0.39 is 11.8 Å². The standard InChI is InChI=1S/C46H68N6O11/c1-31(53)36(26-38(54)20-24-63-25-23-48-40(56)28-47)6-2-4-22-50-46(62)37(27-39(55)34-12-8-32(9-13-34)29-51-41(57)16-17-42(51)58)7-3-5-21-49-45(61)35-14-10-33(11-15-35)30-52-43(59)18-19-44(52)60/h16-19,32-37H,2-15,20-30,47H2,1H3,(H,48,56)(H,49,61)(H,50,62). The van der Waals surface area contributed by atoms with Crippen molar-refractivity contribution in [2.75, 3.05) is 52.5 Å². The van der Waals surface area contributed by atoms with Gasteiger partial charge in [0.05, 0.1) is 19.8 Å². The third-order valence-corrected chi connectivity index (χ3v) is 12.9. The predicted octanol–water partition coefficient (Wildman–Crippen LogP) is 2.24. The molecule has 2 heterocycles. The number of hydrogen-bond acceptors (Lipinski definition) is 12. The first-order chi connectivity index (χ1) is 30.2. The van der Waals surface area contributed by atoms with Gasteiger partial charge in [0.25, 0.3) is 23.6 Å². The summed E-state index contributed by atoms with van der Waals surface area (Å²) in [4.78, 5) is 127. The first-order valence-electron chi connectivity index (χ1n) is 23.0.